The van der Waals surface area contributed by atoms with Crippen LogP contribution in [0.25, 0.3) is 10.8 Å². The van der Waals surface area contributed by atoms with Crippen molar-refractivity contribution in [2.24, 2.45) is 0 Å². The Morgan fingerprint density at radius 3 is 2.53 bits per heavy atom. The fourth-order valence-corrected chi connectivity index (χ4v) is 3.73. The molecule has 0 spiro atoms. The van der Waals surface area contributed by atoms with Gasteiger partial charge in [-0.2, -0.15) is 13.2 Å². The molecule has 0 radical (unpaired) electrons. The third-order valence-electron chi connectivity index (χ3n) is 5.39. The van der Waals surface area contributed by atoms with Crippen LogP contribution in [0.1, 0.15) is 24.0 Å². The molecule has 1 aromatic heterocycles. The molecule has 2 aromatic carbocycles. The second-order valence-corrected chi connectivity index (χ2v) is 7.44. The van der Waals surface area contributed by atoms with Gasteiger partial charge in [-0.15, -0.1) is 0 Å². The molecular weight excluding hydrogens is 437 g/mol. The largest absolute Gasteiger partial charge is 0.483 e. The first-order chi connectivity index (χ1) is 15.1. The van der Waals surface area contributed by atoms with Gasteiger partial charge in [0.2, 0.25) is 0 Å². The molecule has 1 aliphatic rings. The van der Waals surface area contributed by atoms with Crippen LogP contribution >= 0.6 is 0 Å². The maximum absolute atomic E-state index is 14.3. The number of alkyl halides is 3. The smallest absolute Gasteiger partial charge is 0.426 e. The number of halogens is 5. The molecule has 4 rings (SSSR count). The molecule has 0 amide bonds. The molecule has 1 saturated carbocycles. The number of rotatable bonds is 6. The average molecular weight is 453 g/mol. The maximum atomic E-state index is 14.3. The Morgan fingerprint density at radius 2 is 1.84 bits per heavy atom. The van der Waals surface area contributed by atoms with Gasteiger partial charge in [0.05, 0.1) is 4.92 Å². The molecule has 0 atom stereocenters. The second-order valence-electron chi connectivity index (χ2n) is 7.44. The van der Waals surface area contributed by atoms with Gasteiger partial charge in [0, 0.05) is 35.9 Å². The molecule has 1 heterocycles. The minimum Gasteiger partial charge on any atom is -0.483 e. The number of nitrogens with one attached hydrogen (secondary N) is 1. The summed E-state index contributed by atoms with van der Waals surface area (Å²) >= 11 is 0. The Kier molecular flexibility index (Phi) is 5.68. The van der Waals surface area contributed by atoms with E-state index in [-0.39, 0.29) is 18.4 Å². The molecule has 3 aromatic rings. The van der Waals surface area contributed by atoms with E-state index in [1.54, 1.807) is 24.5 Å². The van der Waals surface area contributed by atoms with Crippen molar-refractivity contribution in [2.45, 2.75) is 37.7 Å². The van der Waals surface area contributed by atoms with Crippen LogP contribution in [0.5, 0.6) is 5.75 Å². The van der Waals surface area contributed by atoms with E-state index in [0.717, 1.165) is 11.5 Å². The lowest BCUT2D eigenvalue weighted by molar-refractivity contribution is -0.389. The molecule has 32 heavy (non-hydrogen) atoms. The number of ether oxygens (including phenoxy) is 1. The van der Waals surface area contributed by atoms with Gasteiger partial charge >= 0.3 is 11.9 Å². The average Bonchev–Trinajstić information content (AvgIpc) is 2.70. The molecule has 11 heteroatoms. The van der Waals surface area contributed by atoms with Crippen LogP contribution in [0.15, 0.2) is 42.7 Å². The van der Waals surface area contributed by atoms with E-state index < -0.39 is 40.0 Å². The second kappa shape index (κ2) is 8.30. The van der Waals surface area contributed by atoms with Gasteiger partial charge in [-0.25, -0.2) is 8.78 Å². The quantitative estimate of drug-likeness (QED) is 0.318. The summed E-state index contributed by atoms with van der Waals surface area (Å²) < 4.78 is 72.6. The van der Waals surface area contributed by atoms with E-state index in [4.69, 9.17) is 4.74 Å². The van der Waals surface area contributed by atoms with Crippen molar-refractivity contribution in [2.75, 3.05) is 0 Å². The van der Waals surface area contributed by atoms with Gasteiger partial charge in [-0.3, -0.25) is 15.1 Å². The first kappa shape index (κ1) is 21.9. The fraction of sp³-hybridized carbons (Fsp3) is 0.286. The van der Waals surface area contributed by atoms with Crippen LogP contribution in [-0.4, -0.2) is 22.1 Å². The predicted molar refractivity (Wildman–Crippen MR) is 104 cm³/mol. The number of benzene rings is 2. The van der Waals surface area contributed by atoms with Crippen LogP contribution in [0, 0.1) is 21.7 Å². The summed E-state index contributed by atoms with van der Waals surface area (Å²) in [5.74, 6) is -2.76. The summed E-state index contributed by atoms with van der Waals surface area (Å²) in [7, 11) is 0. The van der Waals surface area contributed by atoms with Crippen LogP contribution in [0.2, 0.25) is 0 Å². The lowest BCUT2D eigenvalue weighted by Gasteiger charge is -2.36. The Morgan fingerprint density at radius 1 is 1.12 bits per heavy atom. The van der Waals surface area contributed by atoms with Crippen LogP contribution in [-0.2, 0) is 12.7 Å². The van der Waals surface area contributed by atoms with Gasteiger partial charge in [-0.1, -0.05) is 0 Å². The third kappa shape index (κ3) is 4.20. The highest BCUT2D eigenvalue weighted by atomic mass is 19.4. The van der Waals surface area contributed by atoms with E-state index in [1.165, 1.54) is 6.07 Å². The number of nitro groups is 1. The third-order valence-corrected chi connectivity index (χ3v) is 5.39. The van der Waals surface area contributed by atoms with E-state index in [2.05, 4.69) is 10.3 Å². The molecule has 0 unspecified atom stereocenters. The van der Waals surface area contributed by atoms with Crippen molar-refractivity contribution in [3.8, 4) is 5.75 Å². The molecule has 0 bridgehead atoms. The number of aromatic nitrogens is 1. The van der Waals surface area contributed by atoms with Crippen molar-refractivity contribution < 1.29 is 31.6 Å². The Bertz CT molecular complexity index is 1180. The number of pyridine rings is 1. The molecule has 1 N–H and O–H groups in total. The summed E-state index contributed by atoms with van der Waals surface area (Å²) in [5.41, 5.74) is -2.95. The van der Waals surface area contributed by atoms with Crippen molar-refractivity contribution in [1.82, 2.24) is 10.3 Å². The molecule has 168 valence electrons. The Hall–Kier alpha value is -3.34. The molecule has 6 nitrogen and oxygen atoms in total. The van der Waals surface area contributed by atoms with Crippen LogP contribution in [0.4, 0.5) is 27.6 Å². The van der Waals surface area contributed by atoms with Crippen LogP contribution < -0.4 is 10.1 Å². The van der Waals surface area contributed by atoms with Crippen molar-refractivity contribution >= 4 is 16.5 Å². The standard InChI is InChI=1S/C21H16F5N3O3/c22-16-2-1-11-9-27-6-5-14(11)15(16)10-28-12-7-13(8-12)32-18-4-3-17(23)19(21(24,25)26)20(18)29(30)31/h1-6,9,12-13,28H,7-8,10H2. The SMILES string of the molecule is O=[N+]([O-])c1c(OC2CC(NCc3c(F)ccc4cnccc34)C2)ccc(F)c1C(F)(F)F. The number of hydrogen-bond acceptors (Lipinski definition) is 5. The highest BCUT2D eigenvalue weighted by molar-refractivity contribution is 5.84. The van der Waals surface area contributed by atoms with Crippen molar-refractivity contribution in [3.05, 3.63) is 75.6 Å². The Balaban J connectivity index is 1.43. The summed E-state index contributed by atoms with van der Waals surface area (Å²) in [5, 5.41) is 15.8. The number of fused-ring (bicyclic) bond motifs is 1. The minimum absolute atomic E-state index is 0.127. The Labute approximate surface area is 178 Å². The summed E-state index contributed by atoms with van der Waals surface area (Å²) in [6.07, 6.45) is -1.99. The lowest BCUT2D eigenvalue weighted by Crippen LogP contribution is -2.46. The van der Waals surface area contributed by atoms with Crippen molar-refractivity contribution in [3.63, 3.8) is 0 Å². The maximum Gasteiger partial charge on any atom is 0.426 e. The molecule has 0 aliphatic heterocycles. The molecule has 0 saturated heterocycles. The molecule has 1 aliphatic carbocycles. The van der Waals surface area contributed by atoms with E-state index in [9.17, 15) is 32.1 Å². The predicted octanol–water partition coefficient (Wildman–Crippen LogP) is 5.14. The lowest BCUT2D eigenvalue weighted by atomic mass is 9.88. The molecular formula is C21H16F5N3O3. The van der Waals surface area contributed by atoms with Gasteiger partial charge in [0.25, 0.3) is 0 Å². The highest BCUT2D eigenvalue weighted by Gasteiger charge is 2.44. The number of nitro benzene ring substituents is 1. The number of nitrogens with zero attached hydrogens (tertiary/aromatic N) is 2. The van der Waals surface area contributed by atoms with Gasteiger partial charge in [0.15, 0.2) is 11.3 Å². The van der Waals surface area contributed by atoms with E-state index >= 15 is 0 Å². The monoisotopic (exact) mass is 453 g/mol. The van der Waals surface area contributed by atoms with Gasteiger partial charge in [-0.05, 0) is 48.6 Å². The topological polar surface area (TPSA) is 77.3 Å². The van der Waals surface area contributed by atoms with Gasteiger partial charge < -0.3 is 10.1 Å². The summed E-state index contributed by atoms with van der Waals surface area (Å²) in [6.45, 7) is 0.208. The summed E-state index contributed by atoms with van der Waals surface area (Å²) in [6, 6.07) is 5.87. The van der Waals surface area contributed by atoms with Crippen LogP contribution in [0.3, 0.4) is 0 Å². The van der Waals surface area contributed by atoms with E-state index in [0.29, 0.717) is 29.9 Å². The fourth-order valence-electron chi connectivity index (χ4n) is 3.73. The highest BCUT2D eigenvalue weighted by Crippen LogP contribution is 2.44. The normalized spacial score (nSPS) is 18.4. The number of hydrogen-bond donors (Lipinski definition) is 1. The van der Waals surface area contributed by atoms with Gasteiger partial charge in [0.1, 0.15) is 17.7 Å². The molecule has 1 fully saturated rings. The zero-order valence-corrected chi connectivity index (χ0v) is 16.3. The van der Waals surface area contributed by atoms with Crippen molar-refractivity contribution in [1.29, 1.82) is 0 Å². The zero-order chi connectivity index (χ0) is 23.0. The first-order valence-corrected chi connectivity index (χ1v) is 9.60. The first-order valence-electron chi connectivity index (χ1n) is 9.60. The minimum atomic E-state index is -5.24. The van der Waals surface area contributed by atoms with E-state index in [1.807, 2.05) is 0 Å². The summed E-state index contributed by atoms with van der Waals surface area (Å²) in [4.78, 5) is 13.9. The zero-order valence-electron chi connectivity index (χ0n) is 16.3.